The van der Waals surface area contributed by atoms with Gasteiger partial charge in [-0.05, 0) is 5.16 Å². The van der Waals surface area contributed by atoms with Gasteiger partial charge in [-0.1, -0.05) is 0 Å². The van der Waals surface area contributed by atoms with Gasteiger partial charge < -0.3 is 9.42 Å². The fourth-order valence-corrected chi connectivity index (χ4v) is 1.14. The minimum absolute atomic E-state index is 0.364. The molecule has 0 N–H and O–H groups in total. The molecule has 0 unspecified atom stereocenters. The predicted molar refractivity (Wildman–Crippen MR) is 54.7 cm³/mol. The van der Waals surface area contributed by atoms with Gasteiger partial charge in [0.2, 0.25) is 5.89 Å². The van der Waals surface area contributed by atoms with E-state index in [1.807, 2.05) is 20.2 Å². The molecule has 0 spiro atoms. The van der Waals surface area contributed by atoms with Crippen molar-refractivity contribution in [3.8, 4) is 6.07 Å². The van der Waals surface area contributed by atoms with Gasteiger partial charge in [0.05, 0.1) is 11.8 Å². The largest absolute Gasteiger partial charge is 0.344 e. The molecule has 7 heteroatoms. The third kappa shape index (κ3) is 2.00. The second-order valence-electron chi connectivity index (χ2n) is 3.42. The summed E-state index contributed by atoms with van der Waals surface area (Å²) in [4.78, 5) is 5.89. The van der Waals surface area contributed by atoms with Crippen molar-refractivity contribution in [1.82, 2.24) is 19.9 Å². The second kappa shape index (κ2) is 4.02. The summed E-state index contributed by atoms with van der Waals surface area (Å²) in [5.41, 5.74) is 0.507. The zero-order valence-electron chi connectivity index (χ0n) is 8.95. The molecule has 0 atom stereocenters. The third-order valence-electron chi connectivity index (χ3n) is 1.92. The van der Waals surface area contributed by atoms with Gasteiger partial charge in [0.25, 0.3) is 5.95 Å². The van der Waals surface area contributed by atoms with Crippen LogP contribution in [0.15, 0.2) is 16.9 Å². The van der Waals surface area contributed by atoms with E-state index in [1.165, 1.54) is 6.20 Å². The molecule has 0 aliphatic carbocycles. The van der Waals surface area contributed by atoms with Crippen LogP contribution in [0.4, 0.5) is 5.95 Å². The lowest BCUT2D eigenvalue weighted by Gasteiger charge is -2.02. The van der Waals surface area contributed by atoms with Gasteiger partial charge in [0.1, 0.15) is 12.6 Å². The fraction of sp³-hybridized carbons (Fsp3) is 0.333. The molecule has 7 nitrogen and oxygen atoms in total. The maximum absolute atomic E-state index is 8.63. The summed E-state index contributed by atoms with van der Waals surface area (Å²) in [6.45, 7) is 0.364. The van der Waals surface area contributed by atoms with Crippen LogP contribution in [0, 0.1) is 11.3 Å². The lowest BCUT2D eigenvalue weighted by Crippen LogP contribution is -2.10. The third-order valence-corrected chi connectivity index (χ3v) is 1.92. The molecule has 0 saturated heterocycles. The predicted octanol–water partition coefficient (Wildman–Crippen LogP) is 0.252. The first-order valence-corrected chi connectivity index (χ1v) is 4.61. The molecule has 2 aromatic heterocycles. The highest BCUT2D eigenvalue weighted by Gasteiger charge is 2.08. The zero-order valence-corrected chi connectivity index (χ0v) is 8.95. The van der Waals surface area contributed by atoms with Crippen molar-refractivity contribution in [3.05, 3.63) is 23.8 Å². The Morgan fingerprint density at radius 1 is 1.56 bits per heavy atom. The van der Waals surface area contributed by atoms with E-state index in [4.69, 9.17) is 9.78 Å². The number of nitrogens with zero attached hydrogens (tertiary/aromatic N) is 6. The van der Waals surface area contributed by atoms with Crippen LogP contribution >= 0.6 is 0 Å². The minimum atomic E-state index is 0.364. The van der Waals surface area contributed by atoms with Crippen molar-refractivity contribution in [3.63, 3.8) is 0 Å². The van der Waals surface area contributed by atoms with Crippen molar-refractivity contribution in [2.24, 2.45) is 0 Å². The molecule has 0 saturated carbocycles. The molecule has 2 aromatic rings. The molecule has 0 aliphatic rings. The van der Waals surface area contributed by atoms with Gasteiger partial charge >= 0.3 is 0 Å². The van der Waals surface area contributed by atoms with Crippen LogP contribution in [-0.2, 0) is 6.54 Å². The minimum Gasteiger partial charge on any atom is -0.344 e. The average molecular weight is 218 g/mol. The Morgan fingerprint density at radius 3 is 2.94 bits per heavy atom. The number of anilines is 1. The van der Waals surface area contributed by atoms with E-state index in [1.54, 1.807) is 15.8 Å². The Balaban J connectivity index is 2.12. The molecule has 0 bridgehead atoms. The Hall–Kier alpha value is -2.36. The SMILES string of the molecule is CN(C)c1noc(Cn2cc(C#N)cn2)n1. The Kier molecular flexibility index (Phi) is 2.55. The van der Waals surface area contributed by atoms with Crippen molar-refractivity contribution >= 4 is 5.95 Å². The quantitative estimate of drug-likeness (QED) is 0.734. The van der Waals surface area contributed by atoms with Crippen molar-refractivity contribution in [1.29, 1.82) is 5.26 Å². The number of hydrogen-bond donors (Lipinski definition) is 0. The van der Waals surface area contributed by atoms with Gasteiger partial charge in [-0.3, -0.25) is 4.68 Å². The van der Waals surface area contributed by atoms with Gasteiger partial charge in [-0.15, -0.1) is 0 Å². The Morgan fingerprint density at radius 2 is 2.38 bits per heavy atom. The van der Waals surface area contributed by atoms with E-state index < -0.39 is 0 Å². The second-order valence-corrected chi connectivity index (χ2v) is 3.42. The van der Waals surface area contributed by atoms with Gasteiger partial charge in [-0.2, -0.15) is 15.3 Å². The molecule has 82 valence electrons. The summed E-state index contributed by atoms with van der Waals surface area (Å²) in [5.74, 6) is 0.971. The lowest BCUT2D eigenvalue weighted by molar-refractivity contribution is 0.365. The molecule has 0 aliphatic heterocycles. The summed E-state index contributed by atoms with van der Waals surface area (Å²) >= 11 is 0. The standard InChI is InChI=1S/C9H10N6O/c1-14(2)9-12-8(16-13-9)6-15-5-7(3-10)4-11-15/h4-5H,6H2,1-2H3. The van der Waals surface area contributed by atoms with E-state index >= 15 is 0 Å². The number of hydrogen-bond acceptors (Lipinski definition) is 6. The maximum Gasteiger partial charge on any atom is 0.265 e. The topological polar surface area (TPSA) is 83.8 Å². The molecule has 0 fully saturated rings. The number of rotatable bonds is 3. The van der Waals surface area contributed by atoms with Crippen LogP contribution in [0.25, 0.3) is 0 Å². The van der Waals surface area contributed by atoms with E-state index in [2.05, 4.69) is 15.2 Å². The van der Waals surface area contributed by atoms with Crippen LogP contribution in [0.5, 0.6) is 0 Å². The zero-order chi connectivity index (χ0) is 11.5. The van der Waals surface area contributed by atoms with Crippen LogP contribution in [0.2, 0.25) is 0 Å². The van der Waals surface area contributed by atoms with E-state index in [9.17, 15) is 0 Å². The molecule has 16 heavy (non-hydrogen) atoms. The normalized spacial score (nSPS) is 10.1. The Labute approximate surface area is 91.9 Å². The first kappa shape index (κ1) is 10.2. The monoisotopic (exact) mass is 218 g/mol. The molecule has 0 radical (unpaired) electrons. The first-order chi connectivity index (χ1) is 7.69. The van der Waals surface area contributed by atoms with E-state index in [0.717, 1.165) is 0 Å². The summed E-state index contributed by atoms with van der Waals surface area (Å²) < 4.78 is 6.60. The average Bonchev–Trinajstić information content (AvgIpc) is 2.87. The van der Waals surface area contributed by atoms with Crippen LogP contribution in [-0.4, -0.2) is 34.0 Å². The molecule has 0 amide bonds. The Bertz CT molecular complexity index is 520. The highest BCUT2D eigenvalue weighted by atomic mass is 16.5. The van der Waals surface area contributed by atoms with E-state index in [0.29, 0.717) is 23.9 Å². The van der Waals surface area contributed by atoms with Crippen molar-refractivity contribution in [2.45, 2.75) is 6.54 Å². The van der Waals surface area contributed by atoms with Crippen LogP contribution in [0.1, 0.15) is 11.5 Å². The molecule has 2 rings (SSSR count). The van der Waals surface area contributed by atoms with Gasteiger partial charge in [0, 0.05) is 20.3 Å². The number of nitriles is 1. The summed E-state index contributed by atoms with van der Waals surface area (Å²) in [7, 11) is 3.66. The van der Waals surface area contributed by atoms with Gasteiger partial charge in [-0.25, -0.2) is 0 Å². The summed E-state index contributed by atoms with van der Waals surface area (Å²) in [6.07, 6.45) is 3.11. The van der Waals surface area contributed by atoms with Crippen molar-refractivity contribution in [2.75, 3.05) is 19.0 Å². The highest BCUT2D eigenvalue weighted by molar-refractivity contribution is 5.24. The fourth-order valence-electron chi connectivity index (χ4n) is 1.14. The van der Waals surface area contributed by atoms with Crippen molar-refractivity contribution < 1.29 is 4.52 Å². The van der Waals surface area contributed by atoms with E-state index in [-0.39, 0.29) is 0 Å². The van der Waals surface area contributed by atoms with Crippen LogP contribution < -0.4 is 4.90 Å². The lowest BCUT2D eigenvalue weighted by atomic mass is 10.4. The molecule has 0 aromatic carbocycles. The molecular weight excluding hydrogens is 208 g/mol. The number of aromatic nitrogens is 4. The highest BCUT2D eigenvalue weighted by Crippen LogP contribution is 2.07. The maximum atomic E-state index is 8.63. The summed E-state index contributed by atoms with van der Waals surface area (Å²) in [6, 6.07) is 2.00. The van der Waals surface area contributed by atoms with Crippen LogP contribution in [0.3, 0.4) is 0 Å². The molecular formula is C9H10N6O. The summed E-state index contributed by atoms with van der Waals surface area (Å²) in [5, 5.41) is 16.4. The van der Waals surface area contributed by atoms with Gasteiger partial charge in [0.15, 0.2) is 0 Å². The smallest absolute Gasteiger partial charge is 0.265 e. The first-order valence-electron chi connectivity index (χ1n) is 4.61. The molecule has 2 heterocycles.